The highest BCUT2D eigenvalue weighted by atomic mass is 16.5. The third kappa shape index (κ3) is 3.03. The molecule has 88 valence electrons. The molecule has 3 heteroatoms. The monoisotopic (exact) mass is 220 g/mol. The standard InChI is InChI=1S/C13H20N2O/c1-14-12(13-7-3-5-9-16-13)10-11-6-2-4-8-15-11/h2,4,6,8,12-14H,3,5,7,9-10H2,1H3. The van der Waals surface area contributed by atoms with Gasteiger partial charge in [0.25, 0.3) is 0 Å². The molecule has 2 unspecified atom stereocenters. The summed E-state index contributed by atoms with van der Waals surface area (Å²) in [6.07, 6.45) is 6.80. The van der Waals surface area contributed by atoms with Crippen LogP contribution >= 0.6 is 0 Å². The molecule has 1 aliphatic heterocycles. The zero-order valence-electron chi connectivity index (χ0n) is 9.86. The van der Waals surface area contributed by atoms with Crippen LogP contribution in [-0.4, -0.2) is 30.8 Å². The number of nitrogens with zero attached hydrogens (tertiary/aromatic N) is 1. The molecule has 3 nitrogen and oxygen atoms in total. The van der Waals surface area contributed by atoms with Crippen LogP contribution in [0.4, 0.5) is 0 Å². The number of likely N-dealkylation sites (N-methyl/N-ethyl adjacent to an activating group) is 1. The molecule has 0 spiro atoms. The Morgan fingerprint density at radius 3 is 3.06 bits per heavy atom. The lowest BCUT2D eigenvalue weighted by molar-refractivity contribution is -0.00605. The zero-order valence-corrected chi connectivity index (χ0v) is 9.86. The van der Waals surface area contributed by atoms with Crippen LogP contribution in [0.3, 0.4) is 0 Å². The molecule has 1 N–H and O–H groups in total. The number of rotatable bonds is 4. The van der Waals surface area contributed by atoms with Crippen LogP contribution in [0.5, 0.6) is 0 Å². The van der Waals surface area contributed by atoms with Crippen LogP contribution in [-0.2, 0) is 11.2 Å². The van der Waals surface area contributed by atoms with Gasteiger partial charge in [-0.05, 0) is 38.4 Å². The summed E-state index contributed by atoms with van der Waals surface area (Å²) in [7, 11) is 2.01. The van der Waals surface area contributed by atoms with Crippen molar-refractivity contribution in [2.45, 2.75) is 37.8 Å². The summed E-state index contributed by atoms with van der Waals surface area (Å²) in [6, 6.07) is 6.45. The Morgan fingerprint density at radius 1 is 1.50 bits per heavy atom. The smallest absolute Gasteiger partial charge is 0.0731 e. The van der Waals surface area contributed by atoms with Crippen LogP contribution < -0.4 is 5.32 Å². The summed E-state index contributed by atoms with van der Waals surface area (Å²) in [5, 5.41) is 3.36. The van der Waals surface area contributed by atoms with Crippen LogP contribution in [0.2, 0.25) is 0 Å². The molecule has 1 aromatic heterocycles. The van der Waals surface area contributed by atoms with Crippen LogP contribution in [0.25, 0.3) is 0 Å². The lowest BCUT2D eigenvalue weighted by atomic mass is 9.98. The minimum Gasteiger partial charge on any atom is -0.377 e. The summed E-state index contributed by atoms with van der Waals surface area (Å²) in [5.74, 6) is 0. The largest absolute Gasteiger partial charge is 0.377 e. The molecule has 0 aromatic carbocycles. The second-order valence-corrected chi connectivity index (χ2v) is 4.33. The number of hydrogen-bond acceptors (Lipinski definition) is 3. The Hall–Kier alpha value is -0.930. The number of ether oxygens (including phenoxy) is 1. The number of aromatic nitrogens is 1. The average molecular weight is 220 g/mol. The summed E-state index contributed by atoms with van der Waals surface area (Å²) >= 11 is 0. The summed E-state index contributed by atoms with van der Waals surface area (Å²) < 4.78 is 5.81. The minimum atomic E-state index is 0.348. The van der Waals surface area contributed by atoms with Gasteiger partial charge in [-0.2, -0.15) is 0 Å². The Labute approximate surface area is 97.2 Å². The molecule has 0 radical (unpaired) electrons. The molecule has 0 aliphatic carbocycles. The Morgan fingerprint density at radius 2 is 2.44 bits per heavy atom. The molecular formula is C13H20N2O. The Kier molecular flexibility index (Phi) is 4.31. The highest BCUT2D eigenvalue weighted by Crippen LogP contribution is 2.17. The van der Waals surface area contributed by atoms with Crippen molar-refractivity contribution < 1.29 is 4.74 Å². The first-order valence-electron chi connectivity index (χ1n) is 6.09. The van der Waals surface area contributed by atoms with Gasteiger partial charge in [0.2, 0.25) is 0 Å². The molecule has 1 aliphatic rings. The molecule has 1 aromatic rings. The maximum absolute atomic E-state index is 5.81. The highest BCUT2D eigenvalue weighted by Gasteiger charge is 2.23. The second kappa shape index (κ2) is 5.97. The van der Waals surface area contributed by atoms with Gasteiger partial charge in [0.15, 0.2) is 0 Å². The van der Waals surface area contributed by atoms with Crippen LogP contribution in [0, 0.1) is 0 Å². The SMILES string of the molecule is CNC(Cc1ccccn1)C1CCCCO1. The van der Waals surface area contributed by atoms with Crippen molar-refractivity contribution in [1.29, 1.82) is 0 Å². The number of nitrogens with one attached hydrogen (secondary N) is 1. The molecule has 1 fully saturated rings. The van der Waals surface area contributed by atoms with Crippen molar-refractivity contribution >= 4 is 0 Å². The second-order valence-electron chi connectivity index (χ2n) is 4.33. The molecular weight excluding hydrogens is 200 g/mol. The van der Waals surface area contributed by atoms with E-state index in [1.807, 2.05) is 25.4 Å². The van der Waals surface area contributed by atoms with Crippen LogP contribution in [0.1, 0.15) is 25.0 Å². The molecule has 2 rings (SSSR count). The predicted molar refractivity (Wildman–Crippen MR) is 64.4 cm³/mol. The van der Waals surface area contributed by atoms with E-state index in [0.29, 0.717) is 12.1 Å². The molecule has 0 bridgehead atoms. The van der Waals surface area contributed by atoms with Gasteiger partial charge in [-0.15, -0.1) is 0 Å². The third-order valence-corrected chi connectivity index (χ3v) is 3.19. The normalized spacial score (nSPS) is 22.9. The van der Waals surface area contributed by atoms with E-state index in [4.69, 9.17) is 4.74 Å². The van der Waals surface area contributed by atoms with Crippen molar-refractivity contribution in [3.63, 3.8) is 0 Å². The number of hydrogen-bond donors (Lipinski definition) is 1. The van der Waals surface area contributed by atoms with E-state index in [1.165, 1.54) is 19.3 Å². The minimum absolute atomic E-state index is 0.348. The van der Waals surface area contributed by atoms with Crippen LogP contribution in [0.15, 0.2) is 24.4 Å². The fourth-order valence-electron chi connectivity index (χ4n) is 2.25. The fourth-order valence-corrected chi connectivity index (χ4v) is 2.25. The van der Waals surface area contributed by atoms with E-state index in [1.54, 1.807) is 0 Å². The first-order chi connectivity index (χ1) is 7.90. The first kappa shape index (κ1) is 11.6. The molecule has 2 heterocycles. The summed E-state index contributed by atoms with van der Waals surface area (Å²) in [5.41, 5.74) is 1.14. The van der Waals surface area contributed by atoms with Gasteiger partial charge >= 0.3 is 0 Å². The first-order valence-corrected chi connectivity index (χ1v) is 6.09. The van der Waals surface area contributed by atoms with Crippen molar-refractivity contribution in [1.82, 2.24) is 10.3 Å². The van der Waals surface area contributed by atoms with Gasteiger partial charge in [-0.25, -0.2) is 0 Å². The van der Waals surface area contributed by atoms with E-state index in [2.05, 4.69) is 16.4 Å². The van der Waals surface area contributed by atoms with E-state index >= 15 is 0 Å². The average Bonchev–Trinajstić information content (AvgIpc) is 2.38. The lowest BCUT2D eigenvalue weighted by Crippen LogP contribution is -2.42. The number of pyridine rings is 1. The predicted octanol–water partition coefficient (Wildman–Crippen LogP) is 1.78. The third-order valence-electron chi connectivity index (χ3n) is 3.19. The zero-order chi connectivity index (χ0) is 11.2. The maximum Gasteiger partial charge on any atom is 0.0731 e. The van der Waals surface area contributed by atoms with E-state index in [9.17, 15) is 0 Å². The topological polar surface area (TPSA) is 34.2 Å². The van der Waals surface area contributed by atoms with Gasteiger partial charge < -0.3 is 10.1 Å². The van der Waals surface area contributed by atoms with Crippen molar-refractivity contribution in [3.8, 4) is 0 Å². The van der Waals surface area contributed by atoms with Crippen molar-refractivity contribution in [3.05, 3.63) is 30.1 Å². The Balaban J connectivity index is 1.94. The molecule has 0 saturated carbocycles. The van der Waals surface area contributed by atoms with E-state index in [0.717, 1.165) is 18.7 Å². The van der Waals surface area contributed by atoms with E-state index < -0.39 is 0 Å². The molecule has 2 atom stereocenters. The van der Waals surface area contributed by atoms with E-state index in [-0.39, 0.29) is 0 Å². The fraction of sp³-hybridized carbons (Fsp3) is 0.615. The van der Waals surface area contributed by atoms with Gasteiger partial charge in [0.1, 0.15) is 0 Å². The highest BCUT2D eigenvalue weighted by molar-refractivity contribution is 5.06. The lowest BCUT2D eigenvalue weighted by Gasteiger charge is -2.30. The van der Waals surface area contributed by atoms with Gasteiger partial charge in [-0.1, -0.05) is 6.07 Å². The Bertz CT molecular complexity index is 296. The maximum atomic E-state index is 5.81. The summed E-state index contributed by atoms with van der Waals surface area (Å²) in [4.78, 5) is 4.37. The van der Waals surface area contributed by atoms with Crippen molar-refractivity contribution in [2.24, 2.45) is 0 Å². The summed E-state index contributed by atoms with van der Waals surface area (Å²) in [6.45, 7) is 0.908. The molecule has 1 saturated heterocycles. The van der Waals surface area contributed by atoms with Gasteiger partial charge in [-0.3, -0.25) is 4.98 Å². The quantitative estimate of drug-likeness (QED) is 0.840. The molecule has 16 heavy (non-hydrogen) atoms. The molecule has 0 amide bonds. The van der Waals surface area contributed by atoms with Gasteiger partial charge in [0, 0.05) is 31.0 Å². The van der Waals surface area contributed by atoms with Crippen molar-refractivity contribution in [2.75, 3.05) is 13.7 Å². The van der Waals surface area contributed by atoms with Gasteiger partial charge in [0.05, 0.1) is 6.10 Å².